The van der Waals surface area contributed by atoms with Crippen LogP contribution in [-0.2, 0) is 16.1 Å². The maximum absolute atomic E-state index is 12.8. The average molecular weight is 469 g/mol. The second kappa shape index (κ2) is 10.5. The summed E-state index contributed by atoms with van der Waals surface area (Å²) in [7, 11) is 3.20. The number of fused-ring (bicyclic) bond motifs is 1. The number of morpholine rings is 1. The number of benzene rings is 2. The summed E-state index contributed by atoms with van der Waals surface area (Å²) in [4.78, 5) is 25.7. The van der Waals surface area contributed by atoms with Crippen LogP contribution < -0.4 is 14.8 Å². The van der Waals surface area contributed by atoms with Gasteiger partial charge < -0.3 is 24.1 Å². The molecule has 0 radical (unpaired) electrons. The van der Waals surface area contributed by atoms with Crippen LogP contribution in [0.15, 0.2) is 48.7 Å². The molecule has 0 bridgehead atoms. The van der Waals surface area contributed by atoms with E-state index in [2.05, 4.69) is 10.2 Å². The zero-order chi connectivity index (χ0) is 24.1. The van der Waals surface area contributed by atoms with Gasteiger partial charge >= 0.3 is 0 Å². The van der Waals surface area contributed by atoms with Crippen molar-refractivity contribution in [3.63, 3.8) is 0 Å². The molecule has 1 aliphatic rings. The van der Waals surface area contributed by atoms with E-state index in [-0.39, 0.29) is 24.2 Å². The van der Waals surface area contributed by atoms with Crippen LogP contribution in [0.25, 0.3) is 10.9 Å². The molecule has 4 rings (SSSR count). The Morgan fingerprint density at radius 2 is 1.88 bits per heavy atom. The van der Waals surface area contributed by atoms with E-state index in [4.69, 9.17) is 14.2 Å². The van der Waals surface area contributed by atoms with E-state index in [0.29, 0.717) is 31.3 Å². The van der Waals surface area contributed by atoms with Gasteiger partial charge in [-0.2, -0.15) is 0 Å². The second-order valence-electron chi connectivity index (χ2n) is 8.03. The van der Waals surface area contributed by atoms with Crippen molar-refractivity contribution in [3.8, 4) is 11.5 Å². The Morgan fingerprint density at radius 1 is 1.12 bits per heavy atom. The van der Waals surface area contributed by atoms with Gasteiger partial charge in [-0.1, -0.05) is 6.07 Å². The summed E-state index contributed by atoms with van der Waals surface area (Å²) in [5.41, 5.74) is 1.81. The molecule has 1 N–H and O–H groups in total. The van der Waals surface area contributed by atoms with Gasteiger partial charge in [0.05, 0.1) is 38.4 Å². The summed E-state index contributed by atoms with van der Waals surface area (Å²) >= 11 is 0. The van der Waals surface area contributed by atoms with Crippen molar-refractivity contribution in [3.05, 3.63) is 64.3 Å². The van der Waals surface area contributed by atoms with Crippen molar-refractivity contribution in [1.29, 1.82) is 0 Å². The molecule has 0 aliphatic carbocycles. The zero-order valence-corrected chi connectivity index (χ0v) is 19.2. The quantitative estimate of drug-likeness (QED) is 0.380. The van der Waals surface area contributed by atoms with Crippen LogP contribution in [0.5, 0.6) is 11.5 Å². The summed E-state index contributed by atoms with van der Waals surface area (Å²) in [6.07, 6.45) is 1.77. The van der Waals surface area contributed by atoms with Gasteiger partial charge in [0, 0.05) is 48.9 Å². The van der Waals surface area contributed by atoms with Crippen LogP contribution in [0.2, 0.25) is 0 Å². The molecule has 2 aromatic carbocycles. The first kappa shape index (κ1) is 23.5. The number of nitro groups is 1. The van der Waals surface area contributed by atoms with E-state index >= 15 is 0 Å². The molecule has 0 spiro atoms. The summed E-state index contributed by atoms with van der Waals surface area (Å²) in [6, 6.07) is 12.1. The molecule has 1 fully saturated rings. The highest BCUT2D eigenvalue weighted by atomic mass is 16.6. The molecule has 0 saturated carbocycles. The van der Waals surface area contributed by atoms with Gasteiger partial charge in [-0.05, 0) is 29.8 Å². The highest BCUT2D eigenvalue weighted by Crippen LogP contribution is 2.32. The zero-order valence-electron chi connectivity index (χ0n) is 19.2. The number of carbonyl (C=O) groups is 1. The number of rotatable bonds is 9. The lowest BCUT2D eigenvalue weighted by Crippen LogP contribution is -2.44. The molecule has 10 nitrogen and oxygen atoms in total. The third-order valence-corrected chi connectivity index (χ3v) is 6.05. The number of hydrogen-bond donors (Lipinski definition) is 1. The summed E-state index contributed by atoms with van der Waals surface area (Å²) < 4.78 is 18.1. The third-order valence-electron chi connectivity index (χ3n) is 6.05. The standard InChI is InChI=1S/C24H28N4O6/c1-32-22-6-3-17(14-23(22)33-2)21(26-9-11-34-12-10-26)15-25-24(29)16-27-8-7-18-13-19(28(30)31)4-5-20(18)27/h3-8,13-14,21H,9-12,15-16H2,1-2H3,(H,25,29). The molecule has 2 heterocycles. The number of nitro benzene ring substituents is 1. The lowest BCUT2D eigenvalue weighted by Gasteiger charge is -2.35. The maximum Gasteiger partial charge on any atom is 0.270 e. The number of hydrogen-bond acceptors (Lipinski definition) is 7. The van der Waals surface area contributed by atoms with Gasteiger partial charge in [0.1, 0.15) is 6.54 Å². The fourth-order valence-corrected chi connectivity index (χ4v) is 4.27. The number of ether oxygens (including phenoxy) is 3. The molecular formula is C24H28N4O6. The van der Waals surface area contributed by atoms with E-state index in [1.165, 1.54) is 12.1 Å². The summed E-state index contributed by atoms with van der Waals surface area (Å²) in [5, 5.41) is 14.8. The molecule has 34 heavy (non-hydrogen) atoms. The van der Waals surface area contributed by atoms with E-state index in [0.717, 1.165) is 29.6 Å². The summed E-state index contributed by atoms with van der Waals surface area (Å²) in [6.45, 7) is 3.33. The smallest absolute Gasteiger partial charge is 0.270 e. The Balaban J connectivity index is 1.48. The van der Waals surface area contributed by atoms with Gasteiger partial charge in [0.15, 0.2) is 11.5 Å². The molecule has 10 heteroatoms. The van der Waals surface area contributed by atoms with Crippen molar-refractivity contribution >= 4 is 22.5 Å². The number of nitrogens with one attached hydrogen (secondary N) is 1. The highest BCUT2D eigenvalue weighted by Gasteiger charge is 2.24. The Bertz CT molecular complexity index is 1170. The minimum absolute atomic E-state index is 0.0259. The van der Waals surface area contributed by atoms with Crippen LogP contribution in [0.1, 0.15) is 11.6 Å². The predicted octanol–water partition coefficient (Wildman–Crippen LogP) is 2.76. The van der Waals surface area contributed by atoms with E-state index in [1.54, 1.807) is 37.1 Å². The maximum atomic E-state index is 12.8. The Morgan fingerprint density at radius 3 is 2.59 bits per heavy atom. The van der Waals surface area contributed by atoms with Gasteiger partial charge in [-0.3, -0.25) is 19.8 Å². The van der Waals surface area contributed by atoms with Crippen molar-refractivity contribution in [2.45, 2.75) is 12.6 Å². The number of amides is 1. The SMILES string of the molecule is COc1ccc(C(CNC(=O)Cn2ccc3cc([N+](=O)[O-])ccc32)N2CCOCC2)cc1OC. The summed E-state index contributed by atoms with van der Waals surface area (Å²) in [5.74, 6) is 1.14. The van der Waals surface area contributed by atoms with Crippen molar-refractivity contribution < 1.29 is 23.9 Å². The first-order valence-electron chi connectivity index (χ1n) is 11.0. The minimum atomic E-state index is -0.427. The van der Waals surface area contributed by atoms with Crippen LogP contribution in [-0.4, -0.2) is 67.4 Å². The normalized spacial score (nSPS) is 15.1. The Hall–Kier alpha value is -3.63. The van der Waals surface area contributed by atoms with Gasteiger partial charge in [-0.15, -0.1) is 0 Å². The lowest BCUT2D eigenvalue weighted by atomic mass is 10.0. The van der Waals surface area contributed by atoms with E-state index in [1.807, 2.05) is 18.2 Å². The number of non-ortho nitro benzene ring substituents is 1. The molecule has 1 atom stereocenters. The minimum Gasteiger partial charge on any atom is -0.493 e. The number of nitrogens with zero attached hydrogens (tertiary/aromatic N) is 3. The number of methoxy groups -OCH3 is 2. The number of carbonyl (C=O) groups excluding carboxylic acids is 1. The second-order valence-corrected chi connectivity index (χ2v) is 8.03. The Labute approximate surface area is 197 Å². The Kier molecular flexibility index (Phi) is 7.29. The van der Waals surface area contributed by atoms with Gasteiger partial charge in [-0.25, -0.2) is 0 Å². The largest absolute Gasteiger partial charge is 0.493 e. The molecule has 1 saturated heterocycles. The van der Waals surface area contributed by atoms with E-state index < -0.39 is 4.92 Å². The molecular weight excluding hydrogens is 440 g/mol. The average Bonchev–Trinajstić information content (AvgIpc) is 3.26. The molecule has 1 aliphatic heterocycles. The highest BCUT2D eigenvalue weighted by molar-refractivity contribution is 5.85. The lowest BCUT2D eigenvalue weighted by molar-refractivity contribution is -0.384. The van der Waals surface area contributed by atoms with Crippen molar-refractivity contribution in [2.75, 3.05) is 47.1 Å². The van der Waals surface area contributed by atoms with Crippen LogP contribution >= 0.6 is 0 Å². The first-order chi connectivity index (χ1) is 16.5. The van der Waals surface area contributed by atoms with Crippen LogP contribution in [0.4, 0.5) is 5.69 Å². The van der Waals surface area contributed by atoms with Crippen molar-refractivity contribution in [1.82, 2.24) is 14.8 Å². The molecule has 180 valence electrons. The fourth-order valence-electron chi connectivity index (χ4n) is 4.27. The first-order valence-corrected chi connectivity index (χ1v) is 11.0. The fraction of sp³-hybridized carbons (Fsp3) is 0.375. The van der Waals surface area contributed by atoms with Crippen molar-refractivity contribution in [2.24, 2.45) is 0 Å². The topological polar surface area (TPSA) is 108 Å². The van der Waals surface area contributed by atoms with E-state index in [9.17, 15) is 14.9 Å². The third kappa shape index (κ3) is 5.13. The molecule has 3 aromatic rings. The molecule has 1 amide bonds. The number of aromatic nitrogens is 1. The molecule has 1 aromatic heterocycles. The van der Waals surface area contributed by atoms with Gasteiger partial charge in [0.2, 0.25) is 5.91 Å². The predicted molar refractivity (Wildman–Crippen MR) is 126 cm³/mol. The van der Waals surface area contributed by atoms with Gasteiger partial charge in [0.25, 0.3) is 5.69 Å². The van der Waals surface area contributed by atoms with Crippen LogP contribution in [0.3, 0.4) is 0 Å². The monoisotopic (exact) mass is 468 g/mol. The molecule has 1 unspecified atom stereocenters. The van der Waals surface area contributed by atoms with Crippen LogP contribution in [0, 0.1) is 10.1 Å².